The van der Waals surface area contributed by atoms with E-state index in [0.29, 0.717) is 0 Å². The summed E-state index contributed by atoms with van der Waals surface area (Å²) < 4.78 is 0. The van der Waals surface area contributed by atoms with Crippen LogP contribution < -0.4 is 0 Å². The van der Waals surface area contributed by atoms with E-state index in [-0.39, 0.29) is 0 Å². The lowest BCUT2D eigenvalue weighted by atomic mass is 10.1. The Bertz CT molecular complexity index is 95.8. The monoisotopic (exact) mass is 170 g/mol. The predicted molar refractivity (Wildman–Crippen MR) is 53.3 cm³/mol. The fourth-order valence-corrected chi connectivity index (χ4v) is 2.39. The Morgan fingerprint density at radius 3 is 1.25 bits per heavy atom. The van der Waals surface area contributed by atoms with Crippen molar-refractivity contribution in [3.05, 3.63) is 0 Å². The molecule has 1 fully saturated rings. The van der Waals surface area contributed by atoms with Crippen molar-refractivity contribution in [2.24, 2.45) is 11.8 Å². The maximum atomic E-state index is 2.46. The third-order valence-electron chi connectivity index (χ3n) is 2.49. The van der Waals surface area contributed by atoms with Crippen molar-refractivity contribution in [1.82, 2.24) is 9.80 Å². The van der Waals surface area contributed by atoms with Crippen LogP contribution in [0.5, 0.6) is 0 Å². The largest absolute Gasteiger partial charge is 0.306 e. The second kappa shape index (κ2) is 4.24. The van der Waals surface area contributed by atoms with Gasteiger partial charge in [-0.3, -0.25) is 0 Å². The van der Waals surface area contributed by atoms with E-state index in [1.807, 2.05) is 0 Å². The van der Waals surface area contributed by atoms with Crippen molar-refractivity contribution in [1.29, 1.82) is 0 Å². The summed E-state index contributed by atoms with van der Waals surface area (Å²) in [6, 6.07) is 0. The molecule has 0 atom stereocenters. The molecule has 0 radical (unpaired) electrons. The standard InChI is InChI=1S/C10H22N2/c1-9-5-11(3)7-10(2)8-12(4)6-9/h9-10H,5-8H2,1-4H3. The highest BCUT2D eigenvalue weighted by molar-refractivity contribution is 4.71. The van der Waals surface area contributed by atoms with E-state index in [4.69, 9.17) is 0 Å². The molecular weight excluding hydrogens is 148 g/mol. The first-order chi connectivity index (χ1) is 5.58. The van der Waals surface area contributed by atoms with Crippen molar-refractivity contribution in [3.63, 3.8) is 0 Å². The molecule has 1 rings (SSSR count). The van der Waals surface area contributed by atoms with Gasteiger partial charge in [-0.15, -0.1) is 0 Å². The van der Waals surface area contributed by atoms with Crippen LogP contribution in [0.25, 0.3) is 0 Å². The summed E-state index contributed by atoms with van der Waals surface area (Å²) in [7, 11) is 4.47. The zero-order valence-electron chi connectivity index (χ0n) is 8.88. The smallest absolute Gasteiger partial charge is 0.00163 e. The van der Waals surface area contributed by atoms with Crippen LogP contribution in [0.2, 0.25) is 0 Å². The number of hydrogen-bond acceptors (Lipinski definition) is 2. The third kappa shape index (κ3) is 3.11. The van der Waals surface area contributed by atoms with Crippen LogP contribution in [0.3, 0.4) is 0 Å². The molecule has 0 bridgehead atoms. The molecule has 2 heteroatoms. The molecule has 72 valence electrons. The van der Waals surface area contributed by atoms with Gasteiger partial charge < -0.3 is 9.80 Å². The Morgan fingerprint density at radius 1 is 0.750 bits per heavy atom. The molecule has 0 aromatic heterocycles. The summed E-state index contributed by atoms with van der Waals surface area (Å²) in [4.78, 5) is 4.92. The molecule has 1 saturated heterocycles. The van der Waals surface area contributed by atoms with Gasteiger partial charge in [-0.2, -0.15) is 0 Å². The molecule has 0 saturated carbocycles. The highest BCUT2D eigenvalue weighted by atomic mass is 15.2. The Morgan fingerprint density at radius 2 is 1.00 bits per heavy atom. The number of rotatable bonds is 0. The van der Waals surface area contributed by atoms with Gasteiger partial charge in [0.15, 0.2) is 0 Å². The summed E-state index contributed by atoms with van der Waals surface area (Å²) in [5, 5.41) is 0. The van der Waals surface area contributed by atoms with Crippen LogP contribution in [0, 0.1) is 11.8 Å². The highest BCUT2D eigenvalue weighted by Crippen LogP contribution is 2.09. The van der Waals surface area contributed by atoms with Gasteiger partial charge in [-0.1, -0.05) is 13.8 Å². The van der Waals surface area contributed by atoms with Crippen LogP contribution in [0.4, 0.5) is 0 Å². The minimum Gasteiger partial charge on any atom is -0.306 e. The van der Waals surface area contributed by atoms with E-state index in [1.54, 1.807) is 0 Å². The Kier molecular flexibility index (Phi) is 3.53. The van der Waals surface area contributed by atoms with Gasteiger partial charge in [0.05, 0.1) is 0 Å². The highest BCUT2D eigenvalue weighted by Gasteiger charge is 2.17. The molecule has 0 unspecified atom stereocenters. The fourth-order valence-electron chi connectivity index (χ4n) is 2.39. The lowest BCUT2D eigenvalue weighted by molar-refractivity contribution is 0.149. The van der Waals surface area contributed by atoms with E-state index in [0.717, 1.165) is 11.8 Å². The second-order valence-corrected chi connectivity index (χ2v) is 4.65. The molecule has 0 spiro atoms. The molecule has 0 aliphatic carbocycles. The molecule has 2 nitrogen and oxygen atoms in total. The summed E-state index contributed by atoms with van der Waals surface area (Å²) in [5.41, 5.74) is 0. The maximum absolute atomic E-state index is 2.46. The van der Waals surface area contributed by atoms with Crippen LogP contribution in [0.1, 0.15) is 13.8 Å². The number of hydrogen-bond donors (Lipinski definition) is 0. The molecule has 1 aliphatic rings. The summed E-state index contributed by atoms with van der Waals surface area (Å²) in [5.74, 6) is 1.62. The topological polar surface area (TPSA) is 6.48 Å². The summed E-state index contributed by atoms with van der Waals surface area (Å²) in [6.45, 7) is 9.65. The van der Waals surface area contributed by atoms with Gasteiger partial charge in [0.25, 0.3) is 0 Å². The minimum absolute atomic E-state index is 0.812. The molecule has 1 heterocycles. The van der Waals surface area contributed by atoms with Crippen molar-refractivity contribution >= 4 is 0 Å². The average molecular weight is 170 g/mol. The fraction of sp³-hybridized carbons (Fsp3) is 1.00. The van der Waals surface area contributed by atoms with E-state index in [9.17, 15) is 0 Å². The van der Waals surface area contributed by atoms with Gasteiger partial charge >= 0.3 is 0 Å². The van der Waals surface area contributed by atoms with Gasteiger partial charge in [0, 0.05) is 26.2 Å². The quantitative estimate of drug-likeness (QED) is 0.538. The second-order valence-electron chi connectivity index (χ2n) is 4.65. The summed E-state index contributed by atoms with van der Waals surface area (Å²) in [6.07, 6.45) is 0. The maximum Gasteiger partial charge on any atom is 0.00163 e. The Balaban J connectivity index is 2.45. The van der Waals surface area contributed by atoms with Crippen molar-refractivity contribution < 1.29 is 0 Å². The van der Waals surface area contributed by atoms with Gasteiger partial charge in [-0.05, 0) is 25.9 Å². The van der Waals surface area contributed by atoms with E-state index in [1.165, 1.54) is 26.2 Å². The first kappa shape index (κ1) is 10.0. The van der Waals surface area contributed by atoms with Crippen LogP contribution in [0.15, 0.2) is 0 Å². The molecule has 0 amide bonds. The van der Waals surface area contributed by atoms with E-state index < -0.39 is 0 Å². The first-order valence-corrected chi connectivity index (χ1v) is 4.95. The predicted octanol–water partition coefficient (Wildman–Crippen LogP) is 1.14. The van der Waals surface area contributed by atoms with Gasteiger partial charge in [0.2, 0.25) is 0 Å². The SMILES string of the molecule is CC1CN(C)CC(C)CN(C)C1. The molecule has 12 heavy (non-hydrogen) atoms. The molecule has 0 aromatic carbocycles. The molecule has 0 aromatic rings. The Hall–Kier alpha value is -0.0800. The van der Waals surface area contributed by atoms with Crippen molar-refractivity contribution in [3.8, 4) is 0 Å². The van der Waals surface area contributed by atoms with Crippen LogP contribution in [-0.4, -0.2) is 50.1 Å². The van der Waals surface area contributed by atoms with Crippen molar-refractivity contribution in [2.75, 3.05) is 40.3 Å². The van der Waals surface area contributed by atoms with Gasteiger partial charge in [0.1, 0.15) is 0 Å². The average Bonchev–Trinajstić information content (AvgIpc) is 1.81. The van der Waals surface area contributed by atoms with E-state index in [2.05, 4.69) is 37.7 Å². The summed E-state index contributed by atoms with van der Waals surface area (Å²) >= 11 is 0. The number of nitrogens with zero attached hydrogens (tertiary/aromatic N) is 2. The lowest BCUT2D eigenvalue weighted by Gasteiger charge is -2.33. The zero-order valence-corrected chi connectivity index (χ0v) is 8.88. The molecule has 0 N–H and O–H groups in total. The minimum atomic E-state index is 0.812. The van der Waals surface area contributed by atoms with Crippen LogP contribution in [-0.2, 0) is 0 Å². The lowest BCUT2D eigenvalue weighted by Crippen LogP contribution is -2.41. The third-order valence-corrected chi connectivity index (χ3v) is 2.49. The van der Waals surface area contributed by atoms with Gasteiger partial charge in [-0.25, -0.2) is 0 Å². The first-order valence-electron chi connectivity index (χ1n) is 4.95. The zero-order chi connectivity index (χ0) is 9.14. The molecule has 1 aliphatic heterocycles. The normalized spacial score (nSPS) is 36.0. The molecular formula is C10H22N2. The van der Waals surface area contributed by atoms with Crippen molar-refractivity contribution in [2.45, 2.75) is 13.8 Å². The van der Waals surface area contributed by atoms with E-state index >= 15 is 0 Å². The Labute approximate surface area is 76.5 Å². The van der Waals surface area contributed by atoms with Crippen LogP contribution >= 0.6 is 0 Å².